The van der Waals surface area contributed by atoms with Crippen LogP contribution in [0.3, 0.4) is 0 Å². The lowest BCUT2D eigenvalue weighted by atomic mass is 10.3. The van der Waals surface area contributed by atoms with Gasteiger partial charge in [0, 0.05) is 15.7 Å². The third-order valence-corrected chi connectivity index (χ3v) is 3.35. The molecule has 1 amide bonds. The molecular weight excluding hydrogens is 279 g/mol. The average Bonchev–Trinajstić information content (AvgIpc) is 2.23. The van der Waals surface area contributed by atoms with Gasteiger partial charge >= 0.3 is 0 Å². The van der Waals surface area contributed by atoms with Crippen LogP contribution in [0.4, 0.5) is 5.69 Å². The molecule has 17 heavy (non-hydrogen) atoms. The van der Waals surface area contributed by atoms with Crippen molar-refractivity contribution in [2.45, 2.75) is 6.42 Å². The first kappa shape index (κ1) is 14.6. The number of nitrogens with one attached hydrogen (secondary N) is 1. The number of amides is 1. The van der Waals surface area contributed by atoms with E-state index in [2.05, 4.69) is 5.32 Å². The van der Waals surface area contributed by atoms with E-state index in [-0.39, 0.29) is 5.91 Å². The van der Waals surface area contributed by atoms with Gasteiger partial charge in [-0.25, -0.2) is 0 Å². The second-order valence-corrected chi connectivity index (χ2v) is 5.38. The zero-order valence-electron chi connectivity index (χ0n) is 9.21. The van der Waals surface area contributed by atoms with Crippen molar-refractivity contribution in [2.75, 3.05) is 23.4 Å². The molecule has 0 bridgehead atoms. The van der Waals surface area contributed by atoms with E-state index >= 15 is 0 Å². The van der Waals surface area contributed by atoms with E-state index < -0.39 is 0 Å². The highest BCUT2D eigenvalue weighted by Gasteiger charge is 2.04. The van der Waals surface area contributed by atoms with Crippen LogP contribution in [0.15, 0.2) is 18.2 Å². The van der Waals surface area contributed by atoms with E-state index in [0.717, 1.165) is 12.2 Å². The van der Waals surface area contributed by atoms with Gasteiger partial charge in [-0.1, -0.05) is 23.2 Å². The molecule has 94 valence electrons. The molecule has 0 aliphatic heterocycles. The number of halogens is 2. The Labute approximate surface area is 115 Å². The summed E-state index contributed by atoms with van der Waals surface area (Å²) in [4.78, 5) is 11.5. The number of carbonyl (C=O) groups excluding carboxylic acids is 1. The predicted octanol–water partition coefficient (Wildman–Crippen LogP) is 3.01. The van der Waals surface area contributed by atoms with Crippen molar-refractivity contribution >= 4 is 46.6 Å². The van der Waals surface area contributed by atoms with Gasteiger partial charge in [-0.2, -0.15) is 11.8 Å². The molecule has 0 aromatic heterocycles. The molecule has 0 radical (unpaired) electrons. The first-order chi connectivity index (χ1) is 8.11. The SMILES string of the molecule is NCCCSCC(=O)Nc1cc(Cl)cc(Cl)c1. The molecule has 0 saturated heterocycles. The van der Waals surface area contributed by atoms with Crippen LogP contribution in [-0.4, -0.2) is 24.0 Å². The molecule has 3 N–H and O–H groups in total. The molecule has 6 heteroatoms. The Morgan fingerprint density at radius 1 is 1.29 bits per heavy atom. The van der Waals surface area contributed by atoms with Crippen LogP contribution in [-0.2, 0) is 4.79 Å². The number of benzene rings is 1. The Morgan fingerprint density at radius 2 is 1.94 bits per heavy atom. The van der Waals surface area contributed by atoms with Crippen LogP contribution >= 0.6 is 35.0 Å². The summed E-state index contributed by atoms with van der Waals surface area (Å²) in [6.07, 6.45) is 0.918. The largest absolute Gasteiger partial charge is 0.330 e. The van der Waals surface area contributed by atoms with Gasteiger partial charge in [-0.3, -0.25) is 4.79 Å². The summed E-state index contributed by atoms with van der Waals surface area (Å²) in [5.41, 5.74) is 5.98. The molecule has 0 atom stereocenters. The molecule has 1 rings (SSSR count). The number of thioether (sulfide) groups is 1. The number of hydrogen-bond acceptors (Lipinski definition) is 3. The van der Waals surface area contributed by atoms with Crippen LogP contribution < -0.4 is 11.1 Å². The van der Waals surface area contributed by atoms with E-state index in [4.69, 9.17) is 28.9 Å². The van der Waals surface area contributed by atoms with E-state index in [1.165, 1.54) is 0 Å². The third-order valence-electron chi connectivity index (χ3n) is 1.87. The van der Waals surface area contributed by atoms with Gasteiger partial charge in [0.25, 0.3) is 0 Å². The first-order valence-electron chi connectivity index (χ1n) is 5.15. The van der Waals surface area contributed by atoms with Crippen molar-refractivity contribution in [3.8, 4) is 0 Å². The van der Waals surface area contributed by atoms with E-state index in [9.17, 15) is 4.79 Å². The maximum atomic E-state index is 11.5. The zero-order valence-corrected chi connectivity index (χ0v) is 11.5. The smallest absolute Gasteiger partial charge is 0.234 e. The number of nitrogens with two attached hydrogens (primary N) is 1. The Morgan fingerprint density at radius 3 is 2.53 bits per heavy atom. The van der Waals surface area contributed by atoms with Crippen molar-refractivity contribution in [2.24, 2.45) is 5.73 Å². The van der Waals surface area contributed by atoms with Gasteiger partial charge in [0.2, 0.25) is 5.91 Å². The maximum absolute atomic E-state index is 11.5. The molecule has 0 heterocycles. The number of carbonyl (C=O) groups is 1. The molecular formula is C11H14Cl2N2OS. The molecule has 0 fully saturated rings. The Bertz CT molecular complexity index is 367. The second-order valence-electron chi connectivity index (χ2n) is 3.40. The molecule has 1 aromatic rings. The summed E-state index contributed by atoms with van der Waals surface area (Å²) >= 11 is 13.2. The Hall–Kier alpha value is -0.420. The summed E-state index contributed by atoms with van der Waals surface area (Å²) in [6, 6.07) is 4.94. The molecule has 0 aliphatic rings. The molecule has 0 spiro atoms. The van der Waals surface area contributed by atoms with Crippen LogP contribution in [0.1, 0.15) is 6.42 Å². The summed E-state index contributed by atoms with van der Waals surface area (Å²) in [5.74, 6) is 1.23. The van der Waals surface area contributed by atoms with Crippen molar-refractivity contribution in [1.29, 1.82) is 0 Å². The van der Waals surface area contributed by atoms with Crippen molar-refractivity contribution in [3.63, 3.8) is 0 Å². The van der Waals surface area contributed by atoms with Crippen LogP contribution in [0.25, 0.3) is 0 Å². The molecule has 3 nitrogen and oxygen atoms in total. The molecule has 0 saturated carbocycles. The van der Waals surface area contributed by atoms with E-state index in [1.54, 1.807) is 30.0 Å². The third kappa shape index (κ3) is 6.17. The van der Waals surface area contributed by atoms with Crippen LogP contribution in [0, 0.1) is 0 Å². The predicted molar refractivity (Wildman–Crippen MR) is 76.1 cm³/mol. The van der Waals surface area contributed by atoms with Gasteiger partial charge in [0.15, 0.2) is 0 Å². The molecule has 1 aromatic carbocycles. The monoisotopic (exact) mass is 292 g/mol. The average molecular weight is 293 g/mol. The zero-order chi connectivity index (χ0) is 12.7. The fourth-order valence-electron chi connectivity index (χ4n) is 1.17. The van der Waals surface area contributed by atoms with Crippen LogP contribution in [0.5, 0.6) is 0 Å². The first-order valence-corrected chi connectivity index (χ1v) is 7.06. The number of rotatable bonds is 6. The van der Waals surface area contributed by atoms with Crippen molar-refractivity contribution in [1.82, 2.24) is 0 Å². The van der Waals surface area contributed by atoms with E-state index in [1.807, 2.05) is 0 Å². The van der Waals surface area contributed by atoms with Gasteiger partial charge < -0.3 is 11.1 Å². The maximum Gasteiger partial charge on any atom is 0.234 e. The lowest BCUT2D eigenvalue weighted by Crippen LogP contribution is -2.14. The molecule has 0 unspecified atom stereocenters. The normalized spacial score (nSPS) is 10.3. The van der Waals surface area contributed by atoms with Crippen molar-refractivity contribution in [3.05, 3.63) is 28.2 Å². The molecule has 0 aliphatic carbocycles. The van der Waals surface area contributed by atoms with Gasteiger partial charge in [-0.05, 0) is 36.9 Å². The second kappa shape index (κ2) is 7.82. The highest BCUT2D eigenvalue weighted by Crippen LogP contribution is 2.22. The minimum absolute atomic E-state index is 0.0645. The van der Waals surface area contributed by atoms with Crippen LogP contribution in [0.2, 0.25) is 10.0 Å². The quantitative estimate of drug-likeness (QED) is 0.793. The Balaban J connectivity index is 2.39. The number of anilines is 1. The summed E-state index contributed by atoms with van der Waals surface area (Å²) in [7, 11) is 0. The summed E-state index contributed by atoms with van der Waals surface area (Å²) in [6.45, 7) is 0.651. The Kier molecular flexibility index (Phi) is 6.73. The fraction of sp³-hybridized carbons (Fsp3) is 0.364. The summed E-state index contributed by atoms with van der Waals surface area (Å²) in [5, 5.41) is 3.75. The number of hydrogen-bond donors (Lipinski definition) is 2. The lowest BCUT2D eigenvalue weighted by Gasteiger charge is -2.06. The standard InChI is InChI=1S/C11H14Cl2N2OS/c12-8-4-9(13)6-10(5-8)15-11(16)7-17-3-1-2-14/h4-6H,1-3,7,14H2,(H,15,16). The summed E-state index contributed by atoms with van der Waals surface area (Å²) < 4.78 is 0. The fourth-order valence-corrected chi connectivity index (χ4v) is 2.47. The lowest BCUT2D eigenvalue weighted by molar-refractivity contribution is -0.113. The topological polar surface area (TPSA) is 55.1 Å². The highest BCUT2D eigenvalue weighted by atomic mass is 35.5. The van der Waals surface area contributed by atoms with Crippen molar-refractivity contribution < 1.29 is 4.79 Å². The van der Waals surface area contributed by atoms with E-state index in [0.29, 0.717) is 28.0 Å². The van der Waals surface area contributed by atoms with Gasteiger partial charge in [-0.15, -0.1) is 0 Å². The minimum atomic E-state index is -0.0645. The van der Waals surface area contributed by atoms with Gasteiger partial charge in [0.1, 0.15) is 0 Å². The highest BCUT2D eigenvalue weighted by molar-refractivity contribution is 7.99. The van der Waals surface area contributed by atoms with Gasteiger partial charge in [0.05, 0.1) is 5.75 Å². The minimum Gasteiger partial charge on any atom is -0.330 e.